The van der Waals surface area contributed by atoms with Gasteiger partial charge in [-0.1, -0.05) is 201 Å². The third-order valence-electron chi connectivity index (χ3n) is 12.2. The zero-order valence-corrected chi connectivity index (χ0v) is 34.0. The molecule has 3 heteroatoms. The first-order valence-corrected chi connectivity index (χ1v) is 23.4. The molecule has 0 radical (unpaired) electrons. The molecule has 59 heavy (non-hydrogen) atoms. The van der Waals surface area contributed by atoms with Gasteiger partial charge < -0.3 is 0 Å². The molecule has 11 rings (SSSR count). The van der Waals surface area contributed by atoms with Gasteiger partial charge in [-0.05, 0) is 95.0 Å². The van der Waals surface area contributed by atoms with E-state index in [0.717, 1.165) is 33.8 Å². The van der Waals surface area contributed by atoms with E-state index in [1.54, 1.807) is 0 Å². The molecule has 0 saturated heterocycles. The Bertz CT molecular complexity index is 3180. The number of hydrogen-bond acceptors (Lipinski definition) is 2. The van der Waals surface area contributed by atoms with Crippen LogP contribution in [0.25, 0.3) is 99.8 Å². The van der Waals surface area contributed by atoms with Crippen molar-refractivity contribution in [1.29, 1.82) is 0 Å². The number of hydrogen-bond donors (Lipinski definition) is 0. The Morgan fingerprint density at radius 2 is 0.746 bits per heavy atom. The van der Waals surface area contributed by atoms with Crippen molar-refractivity contribution in [2.45, 2.75) is 13.1 Å². The van der Waals surface area contributed by atoms with Crippen LogP contribution in [0.1, 0.15) is 0 Å². The van der Waals surface area contributed by atoms with Crippen molar-refractivity contribution >= 4 is 40.1 Å². The number of aromatic nitrogens is 2. The van der Waals surface area contributed by atoms with Crippen molar-refractivity contribution in [1.82, 2.24) is 9.97 Å². The summed E-state index contributed by atoms with van der Waals surface area (Å²) in [4.78, 5) is 11.0. The molecular formula is C56H40N2Si. The highest BCUT2D eigenvalue weighted by molar-refractivity contribution is 7.03. The number of rotatable bonds is 6. The molecule has 1 aromatic heterocycles. The summed E-state index contributed by atoms with van der Waals surface area (Å²) in [6, 6.07) is 74.7. The zero-order valence-electron chi connectivity index (χ0n) is 33.0. The molecule has 1 aliphatic rings. The van der Waals surface area contributed by atoms with Gasteiger partial charge in [0.05, 0.1) is 5.69 Å². The minimum Gasteiger partial charge on any atom is -0.237 e. The molecule has 0 unspecified atom stereocenters. The highest BCUT2D eigenvalue weighted by atomic mass is 28.3. The third kappa shape index (κ3) is 5.85. The monoisotopic (exact) mass is 768 g/mol. The first kappa shape index (κ1) is 35.0. The van der Waals surface area contributed by atoms with Crippen LogP contribution in [-0.4, -0.2) is 18.0 Å². The Labute approximate surface area is 346 Å². The van der Waals surface area contributed by atoms with Crippen LogP contribution in [0.5, 0.6) is 0 Å². The molecular weight excluding hydrogens is 729 g/mol. The maximum Gasteiger partial charge on any atom is 0.159 e. The molecule has 2 nitrogen and oxygen atoms in total. The van der Waals surface area contributed by atoms with E-state index in [-0.39, 0.29) is 0 Å². The second kappa shape index (κ2) is 14.0. The topological polar surface area (TPSA) is 25.8 Å². The summed E-state index contributed by atoms with van der Waals surface area (Å²) in [5.41, 5.74) is 15.2. The van der Waals surface area contributed by atoms with E-state index in [0.29, 0.717) is 0 Å². The van der Waals surface area contributed by atoms with E-state index >= 15 is 0 Å². The predicted molar refractivity (Wildman–Crippen MR) is 252 cm³/mol. The number of benzene rings is 9. The average molecular weight is 769 g/mol. The van der Waals surface area contributed by atoms with Crippen LogP contribution in [0.2, 0.25) is 13.1 Å². The van der Waals surface area contributed by atoms with Gasteiger partial charge in [0.15, 0.2) is 5.82 Å². The van der Waals surface area contributed by atoms with Gasteiger partial charge in [0.1, 0.15) is 8.07 Å². The Kier molecular flexibility index (Phi) is 8.31. The van der Waals surface area contributed by atoms with E-state index in [1.165, 1.54) is 76.6 Å². The van der Waals surface area contributed by atoms with E-state index in [9.17, 15) is 0 Å². The second-order valence-corrected chi connectivity index (χ2v) is 20.4. The molecule has 1 aliphatic heterocycles. The maximum absolute atomic E-state index is 5.51. The van der Waals surface area contributed by atoms with Gasteiger partial charge in [-0.25, -0.2) is 9.97 Å². The fraction of sp³-hybridized carbons (Fsp3) is 0.0357. The summed E-state index contributed by atoms with van der Waals surface area (Å²) in [5, 5.41) is 7.64. The van der Waals surface area contributed by atoms with E-state index in [4.69, 9.17) is 9.97 Å². The van der Waals surface area contributed by atoms with Gasteiger partial charge in [-0.2, -0.15) is 0 Å². The Balaban J connectivity index is 1.06. The van der Waals surface area contributed by atoms with Gasteiger partial charge >= 0.3 is 0 Å². The second-order valence-electron chi connectivity index (χ2n) is 16.1. The summed E-state index contributed by atoms with van der Waals surface area (Å²) in [5.74, 6) is 0.767. The lowest BCUT2D eigenvalue weighted by atomic mass is 9.85. The van der Waals surface area contributed by atoms with Crippen molar-refractivity contribution in [3.63, 3.8) is 0 Å². The van der Waals surface area contributed by atoms with Crippen LogP contribution in [-0.2, 0) is 0 Å². The van der Waals surface area contributed by atoms with E-state index < -0.39 is 8.07 Å². The lowest BCUT2D eigenvalue weighted by Crippen LogP contribution is -2.50. The summed E-state index contributed by atoms with van der Waals surface area (Å²) in [7, 11) is -2.13. The Hall–Kier alpha value is -7.20. The van der Waals surface area contributed by atoms with Crippen LogP contribution in [0.4, 0.5) is 0 Å². The molecule has 10 aromatic rings. The molecule has 9 aromatic carbocycles. The first-order valence-electron chi connectivity index (χ1n) is 20.4. The highest BCUT2D eigenvalue weighted by Gasteiger charge is 2.41. The normalized spacial score (nSPS) is 12.7. The first-order chi connectivity index (χ1) is 29.0. The van der Waals surface area contributed by atoms with Gasteiger partial charge in [0.2, 0.25) is 0 Å². The molecule has 0 bridgehead atoms. The van der Waals surface area contributed by atoms with Crippen molar-refractivity contribution in [3.05, 3.63) is 206 Å². The van der Waals surface area contributed by atoms with Crippen molar-refractivity contribution in [2.24, 2.45) is 0 Å². The Morgan fingerprint density at radius 3 is 1.37 bits per heavy atom. The highest BCUT2D eigenvalue weighted by Crippen LogP contribution is 2.44. The van der Waals surface area contributed by atoms with Crippen LogP contribution < -0.4 is 10.5 Å². The Morgan fingerprint density at radius 1 is 0.322 bits per heavy atom. The lowest BCUT2D eigenvalue weighted by molar-refractivity contribution is 1.21. The summed E-state index contributed by atoms with van der Waals surface area (Å²) < 4.78 is 0. The molecule has 0 fully saturated rings. The zero-order chi connectivity index (χ0) is 39.5. The van der Waals surface area contributed by atoms with E-state index in [1.807, 2.05) is 0 Å². The van der Waals surface area contributed by atoms with Gasteiger partial charge in [-0.3, -0.25) is 0 Å². The van der Waals surface area contributed by atoms with Crippen LogP contribution in [0.3, 0.4) is 0 Å². The van der Waals surface area contributed by atoms with Crippen LogP contribution in [0, 0.1) is 0 Å². The largest absolute Gasteiger partial charge is 0.237 e. The lowest BCUT2D eigenvalue weighted by Gasteiger charge is -2.19. The molecule has 0 spiro atoms. The molecule has 0 saturated carbocycles. The third-order valence-corrected chi connectivity index (χ3v) is 15.5. The van der Waals surface area contributed by atoms with E-state index in [2.05, 4.69) is 219 Å². The van der Waals surface area contributed by atoms with Gasteiger partial charge in [0.25, 0.3) is 0 Å². The molecule has 0 aliphatic carbocycles. The average Bonchev–Trinajstić information content (AvgIpc) is 3.54. The number of nitrogens with zero attached hydrogens (tertiary/aromatic N) is 2. The van der Waals surface area contributed by atoms with Gasteiger partial charge in [-0.15, -0.1) is 0 Å². The quantitative estimate of drug-likeness (QED) is 0.124. The number of fused-ring (bicyclic) bond motifs is 5. The maximum atomic E-state index is 5.51. The van der Waals surface area contributed by atoms with Crippen LogP contribution in [0.15, 0.2) is 206 Å². The van der Waals surface area contributed by atoms with Crippen molar-refractivity contribution in [3.8, 4) is 78.3 Å². The standard InChI is InChI=1S/C56H40N2Si/c1-59(2)50-33-14-13-32-49(50)53-54(43-26-16-22-39(35-43)37-18-5-3-6-19-37)57-55(58-56(53)59)44-27-17-24-41(36-44)40-23-15-25-42(34-40)52-47-30-11-9-28-45(47)51(38-20-7-4-8-21-38)46-29-10-12-31-48(46)52/h3-36H,1-2H3. The summed E-state index contributed by atoms with van der Waals surface area (Å²) in [6.45, 7) is 4.86. The minimum atomic E-state index is -2.13. The summed E-state index contributed by atoms with van der Waals surface area (Å²) in [6.07, 6.45) is 0. The molecule has 0 atom stereocenters. The molecule has 2 heterocycles. The minimum absolute atomic E-state index is 0.767. The summed E-state index contributed by atoms with van der Waals surface area (Å²) >= 11 is 0. The SMILES string of the molecule is C[Si]1(C)c2ccccc2-c2c(-c3cccc(-c4ccccc4)c3)nc(-c3cccc(-c4cccc(-c5c6ccccc6c(-c6ccccc6)c6ccccc56)c4)c3)nc21. The van der Waals surface area contributed by atoms with Crippen LogP contribution >= 0.6 is 0 Å². The molecule has 0 amide bonds. The molecule has 278 valence electrons. The van der Waals surface area contributed by atoms with Crippen molar-refractivity contribution in [2.75, 3.05) is 0 Å². The fourth-order valence-corrected chi connectivity index (χ4v) is 12.3. The van der Waals surface area contributed by atoms with Gasteiger partial charge in [0, 0.05) is 22.0 Å². The van der Waals surface area contributed by atoms with Crippen molar-refractivity contribution < 1.29 is 0 Å². The fourth-order valence-electron chi connectivity index (χ4n) is 9.40. The smallest absolute Gasteiger partial charge is 0.159 e. The molecule has 0 N–H and O–H groups in total. The predicted octanol–water partition coefficient (Wildman–Crippen LogP) is 13.6.